The van der Waals surface area contributed by atoms with E-state index in [0.29, 0.717) is 11.3 Å². The third-order valence-electron chi connectivity index (χ3n) is 3.41. The molecule has 0 aliphatic carbocycles. The second-order valence-corrected chi connectivity index (χ2v) is 4.73. The van der Waals surface area contributed by atoms with E-state index in [2.05, 4.69) is 10.4 Å². The number of carbonyl (C=O) groups excluding carboxylic acids is 1. The monoisotopic (exact) mass is 281 g/mol. The van der Waals surface area contributed by atoms with E-state index < -0.39 is 0 Å². The number of hydrogen-bond donors (Lipinski definition) is 3. The number of nitrogens with two attached hydrogens (primary N) is 1. The van der Waals surface area contributed by atoms with Crippen molar-refractivity contribution in [2.75, 3.05) is 0 Å². The van der Waals surface area contributed by atoms with Gasteiger partial charge in [-0.3, -0.25) is 10.2 Å². The van der Waals surface area contributed by atoms with E-state index >= 15 is 0 Å². The molecular weight excluding hydrogens is 266 g/mol. The summed E-state index contributed by atoms with van der Waals surface area (Å²) in [4.78, 5) is 14.7. The molecule has 0 radical (unpaired) electrons. The minimum absolute atomic E-state index is 0.349. The lowest BCUT2D eigenvalue weighted by Gasteiger charge is -2.10. The van der Waals surface area contributed by atoms with Crippen LogP contribution in [0, 0.1) is 6.92 Å². The van der Waals surface area contributed by atoms with E-state index in [-0.39, 0.29) is 5.91 Å². The number of amides is 1. The van der Waals surface area contributed by atoms with E-state index in [4.69, 9.17) is 10.6 Å². The molecule has 5 nitrogen and oxygen atoms in total. The predicted octanol–water partition coefficient (Wildman–Crippen LogP) is 2.87. The highest BCUT2D eigenvalue weighted by atomic mass is 16.5. The molecule has 5 heteroatoms. The molecule has 1 aromatic heterocycles. The third kappa shape index (κ3) is 2.46. The van der Waals surface area contributed by atoms with Gasteiger partial charge in [-0.15, -0.1) is 0 Å². The lowest BCUT2D eigenvalue weighted by atomic mass is 10.1. The van der Waals surface area contributed by atoms with Gasteiger partial charge in [0, 0.05) is 28.2 Å². The molecule has 3 aromatic rings. The first-order valence-corrected chi connectivity index (χ1v) is 6.54. The minimum atomic E-state index is -0.349. The Hall–Kier alpha value is -2.79. The van der Waals surface area contributed by atoms with Gasteiger partial charge < -0.3 is 9.72 Å². The van der Waals surface area contributed by atoms with E-state index in [1.165, 1.54) is 0 Å². The molecule has 0 fully saturated rings. The Morgan fingerprint density at radius 2 is 2.10 bits per heavy atom. The topological polar surface area (TPSA) is 80.1 Å². The fourth-order valence-corrected chi connectivity index (χ4v) is 2.29. The van der Waals surface area contributed by atoms with Crippen molar-refractivity contribution < 1.29 is 9.53 Å². The van der Waals surface area contributed by atoms with Crippen LogP contribution in [0.2, 0.25) is 0 Å². The number of benzene rings is 2. The number of nitrogens with one attached hydrogen (secondary N) is 2. The third-order valence-corrected chi connectivity index (χ3v) is 3.41. The summed E-state index contributed by atoms with van der Waals surface area (Å²) < 4.78 is 5.89. The number of carbonyl (C=O) groups is 1. The fourth-order valence-electron chi connectivity index (χ4n) is 2.29. The van der Waals surface area contributed by atoms with Gasteiger partial charge in [-0.05, 0) is 43.3 Å². The van der Waals surface area contributed by atoms with Crippen LogP contribution >= 0.6 is 0 Å². The Labute approximate surface area is 121 Å². The number of fused-ring (bicyclic) bond motifs is 1. The average molecular weight is 281 g/mol. The standard InChI is InChI=1S/C16H15N3O2/c1-10-13-7-8-18-14(13)5-6-15(10)21-12-4-2-3-11(9-12)16(20)19-17/h2-9,18H,17H2,1H3,(H,19,20). The molecule has 106 valence electrons. The first kappa shape index (κ1) is 13.2. The van der Waals surface area contributed by atoms with Crippen molar-refractivity contribution >= 4 is 16.8 Å². The zero-order chi connectivity index (χ0) is 14.8. The Morgan fingerprint density at radius 1 is 1.24 bits per heavy atom. The van der Waals surface area contributed by atoms with Crippen LogP contribution in [-0.2, 0) is 0 Å². The van der Waals surface area contributed by atoms with Crippen molar-refractivity contribution in [1.82, 2.24) is 10.4 Å². The maximum absolute atomic E-state index is 11.5. The summed E-state index contributed by atoms with van der Waals surface area (Å²) in [6.45, 7) is 2.00. The maximum Gasteiger partial charge on any atom is 0.265 e. The van der Waals surface area contributed by atoms with Crippen molar-refractivity contribution in [2.24, 2.45) is 5.84 Å². The number of ether oxygens (including phenoxy) is 1. The van der Waals surface area contributed by atoms with Gasteiger partial charge in [-0.1, -0.05) is 6.07 Å². The van der Waals surface area contributed by atoms with Crippen molar-refractivity contribution in [2.45, 2.75) is 6.92 Å². The molecule has 0 aliphatic rings. The van der Waals surface area contributed by atoms with E-state index in [0.717, 1.165) is 22.2 Å². The van der Waals surface area contributed by atoms with Crippen LogP contribution in [0.1, 0.15) is 15.9 Å². The largest absolute Gasteiger partial charge is 0.457 e. The van der Waals surface area contributed by atoms with Crippen LogP contribution in [0.4, 0.5) is 0 Å². The smallest absolute Gasteiger partial charge is 0.265 e. The SMILES string of the molecule is Cc1c(Oc2cccc(C(=O)NN)c2)ccc2[nH]ccc12. The van der Waals surface area contributed by atoms with Crippen LogP contribution in [0.25, 0.3) is 10.9 Å². The van der Waals surface area contributed by atoms with Crippen LogP contribution in [0.3, 0.4) is 0 Å². The minimum Gasteiger partial charge on any atom is -0.457 e. The van der Waals surface area contributed by atoms with E-state index in [1.807, 2.05) is 31.3 Å². The number of aromatic amines is 1. The molecule has 0 bridgehead atoms. The number of aryl methyl sites for hydroxylation is 1. The van der Waals surface area contributed by atoms with E-state index in [1.54, 1.807) is 24.3 Å². The lowest BCUT2D eigenvalue weighted by Crippen LogP contribution is -2.29. The van der Waals surface area contributed by atoms with Crippen LogP contribution in [-0.4, -0.2) is 10.9 Å². The summed E-state index contributed by atoms with van der Waals surface area (Å²) in [5, 5.41) is 1.11. The molecule has 21 heavy (non-hydrogen) atoms. The average Bonchev–Trinajstić information content (AvgIpc) is 2.99. The highest BCUT2D eigenvalue weighted by Gasteiger charge is 2.08. The van der Waals surface area contributed by atoms with Crippen LogP contribution < -0.4 is 16.0 Å². The van der Waals surface area contributed by atoms with Gasteiger partial charge in [-0.25, -0.2) is 5.84 Å². The zero-order valence-electron chi connectivity index (χ0n) is 11.5. The molecule has 0 saturated carbocycles. The number of H-pyrrole nitrogens is 1. The summed E-state index contributed by atoms with van der Waals surface area (Å²) >= 11 is 0. The molecule has 0 atom stereocenters. The number of hydrogen-bond acceptors (Lipinski definition) is 3. The van der Waals surface area contributed by atoms with Gasteiger partial charge in [0.15, 0.2) is 0 Å². The first-order chi connectivity index (χ1) is 10.2. The van der Waals surface area contributed by atoms with Gasteiger partial charge in [0.1, 0.15) is 11.5 Å². The van der Waals surface area contributed by atoms with Crippen LogP contribution in [0.15, 0.2) is 48.7 Å². The Bertz CT molecular complexity index is 808. The van der Waals surface area contributed by atoms with Crippen molar-refractivity contribution in [3.63, 3.8) is 0 Å². The quantitative estimate of drug-likeness (QED) is 0.392. The van der Waals surface area contributed by atoms with Crippen molar-refractivity contribution in [3.05, 3.63) is 59.8 Å². The Morgan fingerprint density at radius 3 is 2.90 bits per heavy atom. The second kappa shape index (κ2) is 5.30. The van der Waals surface area contributed by atoms with Gasteiger partial charge in [0.2, 0.25) is 0 Å². The van der Waals surface area contributed by atoms with Gasteiger partial charge in [-0.2, -0.15) is 0 Å². The lowest BCUT2D eigenvalue weighted by molar-refractivity contribution is 0.0953. The van der Waals surface area contributed by atoms with Crippen molar-refractivity contribution in [1.29, 1.82) is 0 Å². The summed E-state index contributed by atoms with van der Waals surface area (Å²) in [5.74, 6) is 6.14. The zero-order valence-corrected chi connectivity index (χ0v) is 11.5. The molecule has 2 aromatic carbocycles. The predicted molar refractivity (Wildman–Crippen MR) is 81.2 cm³/mol. The van der Waals surface area contributed by atoms with Gasteiger partial charge in [0.25, 0.3) is 5.91 Å². The molecular formula is C16H15N3O2. The van der Waals surface area contributed by atoms with Crippen LogP contribution in [0.5, 0.6) is 11.5 Å². The van der Waals surface area contributed by atoms with E-state index in [9.17, 15) is 4.79 Å². The summed E-state index contributed by atoms with van der Waals surface area (Å²) in [7, 11) is 0. The van der Waals surface area contributed by atoms with Crippen molar-refractivity contribution in [3.8, 4) is 11.5 Å². The number of hydrazine groups is 1. The summed E-state index contributed by atoms with van der Waals surface area (Å²) in [5.41, 5.74) is 4.67. The normalized spacial score (nSPS) is 10.6. The van der Waals surface area contributed by atoms with Gasteiger partial charge in [0.05, 0.1) is 0 Å². The Balaban J connectivity index is 1.95. The highest BCUT2D eigenvalue weighted by Crippen LogP contribution is 2.30. The molecule has 1 heterocycles. The molecule has 0 unspecified atom stereocenters. The Kier molecular flexibility index (Phi) is 3.33. The molecule has 3 rings (SSSR count). The number of nitrogen functional groups attached to an aromatic ring is 1. The maximum atomic E-state index is 11.5. The fraction of sp³-hybridized carbons (Fsp3) is 0.0625. The summed E-state index contributed by atoms with van der Waals surface area (Å²) in [6.07, 6.45) is 1.90. The molecule has 0 saturated heterocycles. The first-order valence-electron chi connectivity index (χ1n) is 6.54. The molecule has 0 aliphatic heterocycles. The molecule has 4 N–H and O–H groups in total. The highest BCUT2D eigenvalue weighted by molar-refractivity contribution is 5.94. The van der Waals surface area contributed by atoms with Gasteiger partial charge >= 0.3 is 0 Å². The number of aromatic nitrogens is 1. The molecule has 0 spiro atoms. The second-order valence-electron chi connectivity index (χ2n) is 4.73. The number of rotatable bonds is 3. The molecule has 1 amide bonds. The summed E-state index contributed by atoms with van der Waals surface area (Å²) in [6, 6.07) is 12.8.